The zero-order valence-electron chi connectivity index (χ0n) is 16.2. The Kier molecular flexibility index (Phi) is 6.10. The van der Waals surface area contributed by atoms with E-state index in [1.807, 2.05) is 0 Å². The molecule has 0 amide bonds. The Morgan fingerprint density at radius 3 is 1.67 bits per heavy atom. The molecule has 0 aliphatic heterocycles. The lowest BCUT2D eigenvalue weighted by molar-refractivity contribution is 0.789. The minimum Gasteiger partial charge on any atom is -0.360 e. The zero-order chi connectivity index (χ0) is 17.9. The lowest BCUT2D eigenvalue weighted by atomic mass is 9.93. The summed E-state index contributed by atoms with van der Waals surface area (Å²) in [6, 6.07) is 17.7. The summed E-state index contributed by atoms with van der Waals surface area (Å²) in [4.78, 5) is 0. The molecule has 0 bridgehead atoms. The normalized spacial score (nSPS) is 13.4. The number of benzene rings is 2. The van der Waals surface area contributed by atoms with Crippen LogP contribution in [0.3, 0.4) is 0 Å². The summed E-state index contributed by atoms with van der Waals surface area (Å²) in [6.07, 6.45) is 0. The molecule has 2 aromatic rings. The van der Waals surface area contributed by atoms with Crippen LogP contribution in [0.25, 0.3) is 0 Å². The molecule has 0 heterocycles. The number of anilines is 1. The molecule has 0 saturated carbocycles. The van der Waals surface area contributed by atoms with Crippen molar-refractivity contribution in [3.05, 3.63) is 59.7 Å². The van der Waals surface area contributed by atoms with Crippen molar-refractivity contribution >= 4 is 19.1 Å². The molecule has 0 saturated heterocycles. The van der Waals surface area contributed by atoms with Crippen molar-refractivity contribution in [2.75, 3.05) is 5.09 Å². The molecule has 2 aromatic carbocycles. The highest BCUT2D eigenvalue weighted by molar-refractivity contribution is 7.68. The van der Waals surface area contributed by atoms with Crippen LogP contribution >= 0.6 is 8.07 Å². The third-order valence-electron chi connectivity index (χ3n) is 4.28. The van der Waals surface area contributed by atoms with Crippen LogP contribution in [0.15, 0.2) is 48.5 Å². The molecule has 1 N–H and O–H groups in total. The van der Waals surface area contributed by atoms with Gasteiger partial charge in [0.1, 0.15) is 0 Å². The van der Waals surface area contributed by atoms with Crippen LogP contribution in [0.2, 0.25) is 0 Å². The van der Waals surface area contributed by atoms with Gasteiger partial charge in [-0.2, -0.15) is 0 Å². The van der Waals surface area contributed by atoms with Gasteiger partial charge in [0, 0.05) is 18.9 Å². The lowest BCUT2D eigenvalue weighted by Crippen LogP contribution is -2.24. The van der Waals surface area contributed by atoms with Crippen LogP contribution in [0.1, 0.15) is 71.4 Å². The third-order valence-corrected chi connectivity index (χ3v) is 6.89. The zero-order valence-corrected chi connectivity index (χ0v) is 17.1. The Morgan fingerprint density at radius 1 is 0.750 bits per heavy atom. The van der Waals surface area contributed by atoms with E-state index in [0.717, 1.165) is 0 Å². The highest BCUT2D eigenvalue weighted by Gasteiger charge is 2.28. The first-order valence-corrected chi connectivity index (χ1v) is 10.3. The molecule has 0 fully saturated rings. The van der Waals surface area contributed by atoms with Gasteiger partial charge in [-0.3, -0.25) is 0 Å². The molecule has 1 nitrogen and oxygen atoms in total. The molecule has 0 aromatic heterocycles. The van der Waals surface area contributed by atoms with E-state index in [1.165, 1.54) is 22.1 Å². The van der Waals surface area contributed by atoms with Gasteiger partial charge >= 0.3 is 0 Å². The van der Waals surface area contributed by atoms with Gasteiger partial charge in [0.15, 0.2) is 0 Å². The van der Waals surface area contributed by atoms with Crippen LogP contribution in [0, 0.1) is 0 Å². The first-order valence-electron chi connectivity index (χ1n) is 8.96. The molecule has 1 atom stereocenters. The second-order valence-electron chi connectivity index (χ2n) is 8.07. The summed E-state index contributed by atoms with van der Waals surface area (Å²) in [5.41, 5.74) is 4.20. The first kappa shape index (κ1) is 19.0. The lowest BCUT2D eigenvalue weighted by Gasteiger charge is -2.35. The van der Waals surface area contributed by atoms with Crippen molar-refractivity contribution in [2.45, 2.75) is 65.5 Å². The summed E-state index contributed by atoms with van der Waals surface area (Å²) in [7, 11) is -0.505. The van der Waals surface area contributed by atoms with Gasteiger partial charge in [0.05, 0.1) is 0 Å². The Balaban J connectivity index is 2.54. The monoisotopic (exact) mass is 341 g/mol. The van der Waals surface area contributed by atoms with Gasteiger partial charge < -0.3 is 5.09 Å². The fourth-order valence-electron chi connectivity index (χ4n) is 2.99. The second-order valence-corrected chi connectivity index (χ2v) is 10.8. The van der Waals surface area contributed by atoms with Crippen LogP contribution < -0.4 is 10.4 Å². The predicted octanol–water partition coefficient (Wildman–Crippen LogP) is 6.87. The average Bonchev–Trinajstić information content (AvgIpc) is 2.51. The maximum atomic E-state index is 4.00. The van der Waals surface area contributed by atoms with Gasteiger partial charge in [-0.1, -0.05) is 97.0 Å². The van der Waals surface area contributed by atoms with Crippen molar-refractivity contribution in [1.82, 2.24) is 0 Å². The Hall–Kier alpha value is -1.33. The van der Waals surface area contributed by atoms with Crippen molar-refractivity contribution in [3.63, 3.8) is 0 Å². The molecule has 1 unspecified atom stereocenters. The molecule has 0 aliphatic carbocycles. The number of para-hydroxylation sites is 1. The number of hydrogen-bond acceptors (Lipinski definition) is 1. The van der Waals surface area contributed by atoms with Crippen molar-refractivity contribution < 1.29 is 0 Å². The molecule has 2 heteroatoms. The molecule has 24 heavy (non-hydrogen) atoms. The van der Waals surface area contributed by atoms with E-state index >= 15 is 0 Å². The Labute approximate surface area is 149 Å². The molecule has 0 aliphatic rings. The standard InChI is InChI=1S/C22H32NP/c1-16(2)19-14-11-15-20(17(3)4)21(19)23-24(22(5,6)7)18-12-9-8-10-13-18/h8-17,23H,1-7H3. The minimum atomic E-state index is -0.505. The summed E-state index contributed by atoms with van der Waals surface area (Å²) < 4.78 is 0. The molecular formula is C22H32NP. The molecule has 2 rings (SSSR count). The van der Waals surface area contributed by atoms with Gasteiger partial charge in [-0.25, -0.2) is 0 Å². The van der Waals surface area contributed by atoms with E-state index in [0.29, 0.717) is 11.8 Å². The number of hydrogen-bond donors (Lipinski definition) is 1. The second kappa shape index (κ2) is 7.70. The minimum absolute atomic E-state index is 0.190. The Bertz CT molecular complexity index is 627. The molecular weight excluding hydrogens is 309 g/mol. The van der Waals surface area contributed by atoms with Gasteiger partial charge in [0.25, 0.3) is 0 Å². The third kappa shape index (κ3) is 4.39. The number of nitrogens with one attached hydrogen (secondary N) is 1. The predicted molar refractivity (Wildman–Crippen MR) is 111 cm³/mol. The van der Waals surface area contributed by atoms with Crippen molar-refractivity contribution in [2.24, 2.45) is 0 Å². The van der Waals surface area contributed by atoms with Gasteiger partial charge in [0.2, 0.25) is 0 Å². The van der Waals surface area contributed by atoms with E-state index in [-0.39, 0.29) is 5.16 Å². The van der Waals surface area contributed by atoms with E-state index in [9.17, 15) is 0 Å². The van der Waals surface area contributed by atoms with E-state index in [2.05, 4.69) is 102 Å². The van der Waals surface area contributed by atoms with Crippen LogP contribution in [-0.4, -0.2) is 5.16 Å². The SMILES string of the molecule is CC(C)c1cccc(C(C)C)c1NP(c1ccccc1)C(C)(C)C. The van der Waals surface area contributed by atoms with E-state index < -0.39 is 8.07 Å². The largest absolute Gasteiger partial charge is 0.360 e. The highest BCUT2D eigenvalue weighted by Crippen LogP contribution is 2.50. The topological polar surface area (TPSA) is 12.0 Å². The van der Waals surface area contributed by atoms with E-state index in [1.54, 1.807) is 0 Å². The first-order chi connectivity index (χ1) is 11.2. The van der Waals surface area contributed by atoms with E-state index in [4.69, 9.17) is 0 Å². The summed E-state index contributed by atoms with van der Waals surface area (Å²) >= 11 is 0. The van der Waals surface area contributed by atoms with Crippen LogP contribution in [0.5, 0.6) is 0 Å². The smallest absolute Gasteiger partial charge is 0.0445 e. The summed E-state index contributed by atoms with van der Waals surface area (Å²) in [5, 5.41) is 5.60. The van der Waals surface area contributed by atoms with Crippen LogP contribution in [-0.2, 0) is 0 Å². The maximum absolute atomic E-state index is 4.00. The fourth-order valence-corrected chi connectivity index (χ4v) is 5.18. The highest BCUT2D eigenvalue weighted by atomic mass is 31.1. The van der Waals surface area contributed by atoms with Crippen molar-refractivity contribution in [3.8, 4) is 0 Å². The molecule has 0 spiro atoms. The quantitative estimate of drug-likeness (QED) is 0.585. The van der Waals surface area contributed by atoms with Crippen LogP contribution in [0.4, 0.5) is 5.69 Å². The van der Waals surface area contributed by atoms with Crippen molar-refractivity contribution in [1.29, 1.82) is 0 Å². The summed E-state index contributed by atoms with van der Waals surface area (Å²) in [6.45, 7) is 16.2. The van der Waals surface area contributed by atoms with Gasteiger partial charge in [-0.15, -0.1) is 0 Å². The fraction of sp³-hybridized carbons (Fsp3) is 0.455. The Morgan fingerprint density at radius 2 is 1.25 bits per heavy atom. The molecule has 130 valence electrons. The average molecular weight is 341 g/mol. The van der Waals surface area contributed by atoms with Gasteiger partial charge in [-0.05, 0) is 28.3 Å². The molecule has 0 radical (unpaired) electrons. The number of rotatable bonds is 5. The maximum Gasteiger partial charge on any atom is 0.0445 e. The summed E-state index contributed by atoms with van der Waals surface area (Å²) in [5.74, 6) is 1.03.